The monoisotopic (exact) mass is 490 g/mol. The van der Waals surface area contributed by atoms with E-state index >= 15 is 0 Å². The highest BCUT2D eigenvalue weighted by Gasteiger charge is 2.27. The largest absolute Gasteiger partial charge is 0.490 e. The molecule has 3 rings (SSSR count). The number of hydrogen-bond acceptors (Lipinski definition) is 7. The van der Waals surface area contributed by atoms with Gasteiger partial charge >= 0.3 is 5.97 Å². The van der Waals surface area contributed by atoms with Gasteiger partial charge in [0.05, 0.1) is 18.1 Å². The van der Waals surface area contributed by atoms with Gasteiger partial charge in [-0.25, -0.2) is 8.42 Å². The number of carbonyl (C=O) groups excluding carboxylic acids is 2. The lowest BCUT2D eigenvalue weighted by atomic mass is 10.3. The Morgan fingerprint density at radius 3 is 2.41 bits per heavy atom. The highest BCUT2D eigenvalue weighted by molar-refractivity contribution is 7.89. The molecule has 0 aliphatic carbocycles. The summed E-state index contributed by atoms with van der Waals surface area (Å²) in [5.74, 6) is 0.167. The molecule has 0 aromatic heterocycles. The second-order valence-electron chi connectivity index (χ2n) is 7.68. The number of sulfonamides is 1. The number of amides is 1. The Balaban J connectivity index is 1.40. The van der Waals surface area contributed by atoms with Gasteiger partial charge in [-0.15, -0.1) is 0 Å². The van der Waals surface area contributed by atoms with Crippen molar-refractivity contribution in [3.63, 3.8) is 0 Å². The third-order valence-corrected chi connectivity index (χ3v) is 7.01. The van der Waals surface area contributed by atoms with Gasteiger partial charge in [0.1, 0.15) is 0 Å². The maximum absolute atomic E-state index is 12.7. The van der Waals surface area contributed by atoms with Crippen LogP contribution in [0.25, 0.3) is 0 Å². The zero-order valence-corrected chi connectivity index (χ0v) is 20.0. The number of nitrogens with one attached hydrogen (secondary N) is 1. The molecular formula is C24H30N2O7S. The van der Waals surface area contributed by atoms with Crippen molar-refractivity contribution >= 4 is 27.6 Å². The molecule has 34 heavy (non-hydrogen) atoms. The average Bonchev–Trinajstić information content (AvgIpc) is 3.38. The minimum Gasteiger partial charge on any atom is -0.490 e. The minimum absolute atomic E-state index is 0.0909. The molecule has 1 saturated heterocycles. The van der Waals surface area contributed by atoms with Gasteiger partial charge in [0.2, 0.25) is 10.0 Å². The molecule has 1 aliphatic rings. The summed E-state index contributed by atoms with van der Waals surface area (Å²) in [6.07, 6.45) is 2.19. The van der Waals surface area contributed by atoms with E-state index in [0.717, 1.165) is 12.8 Å². The van der Waals surface area contributed by atoms with Crippen LogP contribution in [0.2, 0.25) is 0 Å². The Labute approximate surface area is 200 Å². The molecule has 1 fully saturated rings. The molecule has 2 aromatic carbocycles. The summed E-state index contributed by atoms with van der Waals surface area (Å²) in [6, 6.07) is 13.3. The van der Waals surface area contributed by atoms with Gasteiger partial charge in [-0.3, -0.25) is 9.59 Å². The molecular weight excluding hydrogens is 460 g/mol. The van der Waals surface area contributed by atoms with Crippen LogP contribution < -0.4 is 14.8 Å². The average molecular weight is 491 g/mol. The van der Waals surface area contributed by atoms with Gasteiger partial charge in [0.25, 0.3) is 5.91 Å². The van der Waals surface area contributed by atoms with E-state index in [4.69, 9.17) is 14.2 Å². The second kappa shape index (κ2) is 12.4. The first-order valence-electron chi connectivity index (χ1n) is 11.3. The van der Waals surface area contributed by atoms with Crippen molar-refractivity contribution in [1.29, 1.82) is 0 Å². The predicted molar refractivity (Wildman–Crippen MR) is 126 cm³/mol. The van der Waals surface area contributed by atoms with Crippen LogP contribution in [-0.2, 0) is 24.3 Å². The number of hydrogen-bond donors (Lipinski definition) is 1. The van der Waals surface area contributed by atoms with E-state index in [1.54, 1.807) is 18.2 Å². The standard InChI is InChI=1S/C24H30N2O7S/c1-2-31-21-11-3-4-12-22(21)32-16-8-13-24(28)33-18-23(27)25-19-9-7-10-20(17-19)34(29,30)26-14-5-6-15-26/h3-4,7,9-12,17H,2,5-6,8,13-16,18H2,1H3,(H,25,27). The van der Waals surface area contributed by atoms with Gasteiger partial charge in [0.15, 0.2) is 18.1 Å². The molecule has 2 aromatic rings. The summed E-state index contributed by atoms with van der Waals surface area (Å²) in [5.41, 5.74) is 0.322. The molecule has 1 N–H and O–H groups in total. The number of carbonyl (C=O) groups is 2. The molecule has 1 aliphatic heterocycles. The fourth-order valence-corrected chi connectivity index (χ4v) is 5.03. The topological polar surface area (TPSA) is 111 Å². The molecule has 0 saturated carbocycles. The number of anilines is 1. The highest BCUT2D eigenvalue weighted by Crippen LogP contribution is 2.26. The normalized spacial score (nSPS) is 13.9. The third-order valence-electron chi connectivity index (χ3n) is 5.12. The van der Waals surface area contributed by atoms with Crippen molar-refractivity contribution in [1.82, 2.24) is 4.31 Å². The molecule has 9 nitrogen and oxygen atoms in total. The Hall–Kier alpha value is -3.11. The van der Waals surface area contributed by atoms with E-state index in [0.29, 0.717) is 49.9 Å². The quantitative estimate of drug-likeness (QED) is 0.359. The molecule has 1 heterocycles. The van der Waals surface area contributed by atoms with E-state index in [-0.39, 0.29) is 11.3 Å². The first kappa shape index (κ1) is 25.5. The number of ether oxygens (including phenoxy) is 3. The number of benzene rings is 2. The van der Waals surface area contributed by atoms with E-state index in [1.165, 1.54) is 16.4 Å². The lowest BCUT2D eigenvalue weighted by Gasteiger charge is -2.16. The zero-order valence-electron chi connectivity index (χ0n) is 19.2. The lowest BCUT2D eigenvalue weighted by Crippen LogP contribution is -2.28. The van der Waals surface area contributed by atoms with Crippen LogP contribution in [0.1, 0.15) is 32.6 Å². The second-order valence-corrected chi connectivity index (χ2v) is 9.62. The van der Waals surface area contributed by atoms with Crippen molar-refractivity contribution in [2.45, 2.75) is 37.5 Å². The van der Waals surface area contributed by atoms with Crippen molar-refractivity contribution in [3.05, 3.63) is 48.5 Å². The Kier molecular flexibility index (Phi) is 9.29. The number of rotatable bonds is 12. The summed E-state index contributed by atoms with van der Waals surface area (Å²) in [4.78, 5) is 24.2. The number of para-hydroxylation sites is 2. The molecule has 0 bridgehead atoms. The lowest BCUT2D eigenvalue weighted by molar-refractivity contribution is -0.147. The molecule has 0 atom stereocenters. The van der Waals surface area contributed by atoms with Crippen molar-refractivity contribution in [2.24, 2.45) is 0 Å². The Morgan fingerprint density at radius 1 is 1.00 bits per heavy atom. The number of esters is 1. The number of nitrogens with zero attached hydrogens (tertiary/aromatic N) is 1. The minimum atomic E-state index is -3.58. The molecule has 0 unspecified atom stereocenters. The molecule has 0 spiro atoms. The maximum atomic E-state index is 12.7. The van der Waals surface area contributed by atoms with Gasteiger partial charge in [0, 0.05) is 25.2 Å². The van der Waals surface area contributed by atoms with Gasteiger partial charge < -0.3 is 19.5 Å². The van der Waals surface area contributed by atoms with Crippen LogP contribution in [0.3, 0.4) is 0 Å². The Bertz CT molecular complexity index is 1080. The summed E-state index contributed by atoms with van der Waals surface area (Å²) in [5, 5.41) is 2.57. The van der Waals surface area contributed by atoms with Gasteiger partial charge in [-0.2, -0.15) is 4.31 Å². The fourth-order valence-electron chi connectivity index (χ4n) is 3.47. The Morgan fingerprint density at radius 2 is 1.71 bits per heavy atom. The van der Waals surface area contributed by atoms with Crippen LogP contribution in [0.4, 0.5) is 5.69 Å². The smallest absolute Gasteiger partial charge is 0.306 e. The van der Waals surface area contributed by atoms with Crippen molar-refractivity contribution in [2.75, 3.05) is 38.2 Å². The van der Waals surface area contributed by atoms with Crippen LogP contribution in [-0.4, -0.2) is 57.5 Å². The summed E-state index contributed by atoms with van der Waals surface area (Å²) < 4.78 is 43.0. The molecule has 184 valence electrons. The van der Waals surface area contributed by atoms with E-state index in [9.17, 15) is 18.0 Å². The highest BCUT2D eigenvalue weighted by atomic mass is 32.2. The van der Waals surface area contributed by atoms with Crippen LogP contribution in [0.5, 0.6) is 11.5 Å². The van der Waals surface area contributed by atoms with E-state index in [1.807, 2.05) is 25.1 Å². The van der Waals surface area contributed by atoms with Gasteiger partial charge in [-0.05, 0) is 56.5 Å². The van der Waals surface area contributed by atoms with Crippen LogP contribution in [0.15, 0.2) is 53.4 Å². The first-order valence-corrected chi connectivity index (χ1v) is 12.7. The third kappa shape index (κ3) is 7.19. The van der Waals surface area contributed by atoms with Gasteiger partial charge in [-0.1, -0.05) is 18.2 Å². The van der Waals surface area contributed by atoms with E-state index in [2.05, 4.69) is 5.32 Å². The molecule has 10 heteroatoms. The zero-order chi connectivity index (χ0) is 24.4. The fraction of sp³-hybridized carbons (Fsp3) is 0.417. The van der Waals surface area contributed by atoms with Crippen LogP contribution >= 0.6 is 0 Å². The van der Waals surface area contributed by atoms with Crippen LogP contribution in [0, 0.1) is 0 Å². The summed E-state index contributed by atoms with van der Waals surface area (Å²) in [6.45, 7) is 3.24. The van der Waals surface area contributed by atoms with E-state index < -0.39 is 28.5 Å². The molecule has 0 radical (unpaired) electrons. The van der Waals surface area contributed by atoms with Crippen molar-refractivity contribution in [3.8, 4) is 11.5 Å². The SMILES string of the molecule is CCOc1ccccc1OCCCC(=O)OCC(=O)Nc1cccc(S(=O)(=O)N2CCCC2)c1. The predicted octanol–water partition coefficient (Wildman–Crippen LogP) is 3.21. The summed E-state index contributed by atoms with van der Waals surface area (Å²) in [7, 11) is -3.58. The maximum Gasteiger partial charge on any atom is 0.306 e. The first-order chi connectivity index (χ1) is 16.4. The molecule has 1 amide bonds. The summed E-state index contributed by atoms with van der Waals surface area (Å²) >= 11 is 0. The van der Waals surface area contributed by atoms with Crippen molar-refractivity contribution < 1.29 is 32.2 Å².